The van der Waals surface area contributed by atoms with E-state index in [1.165, 1.54) is 0 Å². The average Bonchev–Trinajstić information content (AvgIpc) is 2.36. The lowest BCUT2D eigenvalue weighted by atomic mass is 10.0. The van der Waals surface area contributed by atoms with E-state index in [0.717, 1.165) is 11.1 Å². The van der Waals surface area contributed by atoms with Gasteiger partial charge in [0.05, 0.1) is 20.8 Å². The Morgan fingerprint density at radius 3 is 2.44 bits per heavy atom. The molecule has 18 heavy (non-hydrogen) atoms. The molecule has 0 aliphatic carbocycles. The summed E-state index contributed by atoms with van der Waals surface area (Å²) in [7, 11) is 4.70. The van der Waals surface area contributed by atoms with E-state index < -0.39 is 5.97 Å². The molecule has 100 valence electrons. The van der Waals surface area contributed by atoms with Crippen molar-refractivity contribution >= 4 is 5.97 Å². The average molecular weight is 254 g/mol. The minimum atomic E-state index is -0.826. The molecular formula is C13H18O5. The van der Waals surface area contributed by atoms with E-state index in [1.807, 2.05) is 6.07 Å². The van der Waals surface area contributed by atoms with E-state index in [0.29, 0.717) is 24.5 Å². The third-order valence-corrected chi connectivity index (χ3v) is 2.64. The molecule has 0 fully saturated rings. The first-order valence-corrected chi connectivity index (χ1v) is 5.57. The van der Waals surface area contributed by atoms with Crippen molar-refractivity contribution in [2.75, 3.05) is 21.3 Å². The van der Waals surface area contributed by atoms with Crippen LogP contribution in [0, 0.1) is 0 Å². The number of methoxy groups -OCH3 is 3. The van der Waals surface area contributed by atoms with Crippen LogP contribution in [0.5, 0.6) is 11.5 Å². The maximum Gasteiger partial charge on any atom is 0.303 e. The molecule has 0 unspecified atom stereocenters. The lowest BCUT2D eigenvalue weighted by molar-refractivity contribution is -0.136. The Morgan fingerprint density at radius 2 is 1.94 bits per heavy atom. The van der Waals surface area contributed by atoms with Gasteiger partial charge in [-0.15, -0.1) is 0 Å². The molecule has 1 rings (SSSR count). The molecule has 0 heterocycles. The highest BCUT2D eigenvalue weighted by molar-refractivity contribution is 5.67. The van der Waals surface area contributed by atoms with Gasteiger partial charge in [-0.2, -0.15) is 0 Å². The molecule has 5 nitrogen and oxygen atoms in total. The van der Waals surface area contributed by atoms with Crippen molar-refractivity contribution in [3.05, 3.63) is 23.3 Å². The summed E-state index contributed by atoms with van der Waals surface area (Å²) in [5.74, 6) is 0.388. The largest absolute Gasteiger partial charge is 0.493 e. The first-order chi connectivity index (χ1) is 8.63. The minimum Gasteiger partial charge on any atom is -0.493 e. The Hall–Kier alpha value is -1.75. The zero-order valence-corrected chi connectivity index (χ0v) is 10.9. The summed E-state index contributed by atoms with van der Waals surface area (Å²) in [4.78, 5) is 10.6. The second-order valence-corrected chi connectivity index (χ2v) is 3.77. The first kappa shape index (κ1) is 14.3. The van der Waals surface area contributed by atoms with Crippen LogP contribution in [0.15, 0.2) is 12.1 Å². The molecule has 1 N–H and O–H groups in total. The standard InChI is InChI=1S/C13H18O5/c1-16-8-10-9(5-7-12(14)15)4-6-11(17-2)13(10)18-3/h4,6H,5,7-8H2,1-3H3,(H,14,15). The number of carboxylic acid groups (broad SMARTS) is 1. The molecule has 0 aliphatic rings. The van der Waals surface area contributed by atoms with Gasteiger partial charge in [0.15, 0.2) is 11.5 Å². The Kier molecular flexibility index (Phi) is 5.45. The van der Waals surface area contributed by atoms with E-state index in [4.69, 9.17) is 19.3 Å². The van der Waals surface area contributed by atoms with Gasteiger partial charge in [0.1, 0.15) is 0 Å². The van der Waals surface area contributed by atoms with E-state index in [-0.39, 0.29) is 6.42 Å². The molecule has 0 aliphatic heterocycles. The number of rotatable bonds is 7. The van der Waals surface area contributed by atoms with Gasteiger partial charge < -0.3 is 19.3 Å². The quantitative estimate of drug-likeness (QED) is 0.804. The van der Waals surface area contributed by atoms with E-state index in [1.54, 1.807) is 27.4 Å². The van der Waals surface area contributed by atoms with Crippen molar-refractivity contribution in [2.24, 2.45) is 0 Å². The summed E-state index contributed by atoms with van der Waals surface area (Å²) in [6.45, 7) is 0.356. The monoisotopic (exact) mass is 254 g/mol. The number of ether oxygens (including phenoxy) is 3. The highest BCUT2D eigenvalue weighted by Gasteiger charge is 2.15. The number of hydrogen-bond acceptors (Lipinski definition) is 4. The number of aliphatic carboxylic acids is 1. The topological polar surface area (TPSA) is 65.0 Å². The van der Waals surface area contributed by atoms with Crippen LogP contribution in [-0.2, 0) is 22.6 Å². The third-order valence-electron chi connectivity index (χ3n) is 2.64. The van der Waals surface area contributed by atoms with Crippen LogP contribution in [0.1, 0.15) is 17.5 Å². The van der Waals surface area contributed by atoms with Gasteiger partial charge in [0.25, 0.3) is 0 Å². The summed E-state index contributed by atoms with van der Waals surface area (Å²) >= 11 is 0. The molecule has 0 atom stereocenters. The zero-order valence-electron chi connectivity index (χ0n) is 10.9. The molecule has 0 amide bonds. The predicted octanol–water partition coefficient (Wildman–Crippen LogP) is 1.87. The molecular weight excluding hydrogens is 236 g/mol. The molecule has 0 bridgehead atoms. The fourth-order valence-corrected chi connectivity index (χ4v) is 1.81. The lowest BCUT2D eigenvalue weighted by Crippen LogP contribution is -2.05. The number of aryl methyl sites for hydroxylation is 1. The smallest absolute Gasteiger partial charge is 0.303 e. The van der Waals surface area contributed by atoms with Gasteiger partial charge in [-0.25, -0.2) is 0 Å². The SMILES string of the molecule is COCc1c(CCC(=O)O)ccc(OC)c1OC. The summed E-state index contributed by atoms with van der Waals surface area (Å²) in [6.07, 6.45) is 0.514. The fraction of sp³-hybridized carbons (Fsp3) is 0.462. The molecule has 1 aromatic rings. The molecule has 1 aromatic carbocycles. The summed E-state index contributed by atoms with van der Waals surface area (Å²) in [5.41, 5.74) is 1.73. The van der Waals surface area contributed by atoms with Crippen LogP contribution in [-0.4, -0.2) is 32.4 Å². The second kappa shape index (κ2) is 6.86. The van der Waals surface area contributed by atoms with Crippen LogP contribution < -0.4 is 9.47 Å². The summed E-state index contributed by atoms with van der Waals surface area (Å²) in [5, 5.41) is 8.74. The van der Waals surface area contributed by atoms with Gasteiger partial charge in [-0.3, -0.25) is 4.79 Å². The van der Waals surface area contributed by atoms with Crippen molar-refractivity contribution in [1.82, 2.24) is 0 Å². The summed E-state index contributed by atoms with van der Waals surface area (Å²) in [6, 6.07) is 3.62. The predicted molar refractivity (Wildman–Crippen MR) is 66.2 cm³/mol. The molecule has 5 heteroatoms. The van der Waals surface area contributed by atoms with Gasteiger partial charge >= 0.3 is 5.97 Å². The molecule has 0 saturated heterocycles. The Morgan fingerprint density at radius 1 is 1.22 bits per heavy atom. The van der Waals surface area contributed by atoms with Crippen molar-refractivity contribution < 1.29 is 24.1 Å². The van der Waals surface area contributed by atoms with Crippen LogP contribution in [0.3, 0.4) is 0 Å². The van der Waals surface area contributed by atoms with Gasteiger partial charge in [-0.1, -0.05) is 6.07 Å². The number of carbonyl (C=O) groups is 1. The van der Waals surface area contributed by atoms with E-state index >= 15 is 0 Å². The Bertz CT molecular complexity index is 414. The van der Waals surface area contributed by atoms with Crippen LogP contribution >= 0.6 is 0 Å². The van der Waals surface area contributed by atoms with Gasteiger partial charge in [-0.05, 0) is 18.1 Å². The highest BCUT2D eigenvalue weighted by Crippen LogP contribution is 2.34. The number of benzene rings is 1. The van der Waals surface area contributed by atoms with E-state index in [2.05, 4.69) is 0 Å². The normalized spacial score (nSPS) is 10.2. The first-order valence-electron chi connectivity index (χ1n) is 5.57. The van der Waals surface area contributed by atoms with Crippen molar-refractivity contribution in [1.29, 1.82) is 0 Å². The maximum atomic E-state index is 10.6. The minimum absolute atomic E-state index is 0.0756. The second-order valence-electron chi connectivity index (χ2n) is 3.77. The van der Waals surface area contributed by atoms with Gasteiger partial charge in [0.2, 0.25) is 0 Å². The zero-order chi connectivity index (χ0) is 13.5. The van der Waals surface area contributed by atoms with Crippen molar-refractivity contribution in [3.63, 3.8) is 0 Å². The molecule has 0 radical (unpaired) electrons. The molecule has 0 spiro atoms. The van der Waals surface area contributed by atoms with Crippen molar-refractivity contribution in [3.8, 4) is 11.5 Å². The van der Waals surface area contributed by atoms with Crippen LogP contribution in [0.4, 0.5) is 0 Å². The Labute approximate surface area is 106 Å². The van der Waals surface area contributed by atoms with Crippen LogP contribution in [0.25, 0.3) is 0 Å². The van der Waals surface area contributed by atoms with Crippen molar-refractivity contribution in [2.45, 2.75) is 19.4 Å². The fourth-order valence-electron chi connectivity index (χ4n) is 1.81. The third kappa shape index (κ3) is 3.37. The Balaban J connectivity index is 3.12. The summed E-state index contributed by atoms with van der Waals surface area (Å²) < 4.78 is 15.7. The molecule has 0 saturated carbocycles. The van der Waals surface area contributed by atoms with Gasteiger partial charge in [0, 0.05) is 19.1 Å². The number of hydrogen-bond donors (Lipinski definition) is 1. The number of carboxylic acids is 1. The van der Waals surface area contributed by atoms with E-state index in [9.17, 15) is 4.79 Å². The maximum absolute atomic E-state index is 10.6. The van der Waals surface area contributed by atoms with Crippen LogP contribution in [0.2, 0.25) is 0 Å². The highest BCUT2D eigenvalue weighted by atomic mass is 16.5. The lowest BCUT2D eigenvalue weighted by Gasteiger charge is -2.16. The molecule has 0 aromatic heterocycles.